The standard InChI is InChI=1S/C20H24N4O6/c1-27-15-8-6-14(7-9-15)23-20(26)21-12-17(25)24-22-11-13-5-10-16(28-2)19(30-4)18(13)29-3/h5-11H,12H2,1-4H3,(H,24,25)(H2,21,23,26)/b22-11+. The summed E-state index contributed by atoms with van der Waals surface area (Å²) in [5, 5.41) is 8.91. The van der Waals surface area contributed by atoms with Gasteiger partial charge in [-0.2, -0.15) is 5.10 Å². The Bertz CT molecular complexity index is 899. The molecule has 0 radical (unpaired) electrons. The molecule has 0 aromatic heterocycles. The number of anilines is 1. The van der Waals surface area contributed by atoms with E-state index < -0.39 is 11.9 Å². The second kappa shape index (κ2) is 11.1. The fourth-order valence-corrected chi connectivity index (χ4v) is 2.45. The quantitative estimate of drug-likeness (QED) is 0.425. The number of carbonyl (C=O) groups is 2. The van der Waals surface area contributed by atoms with Gasteiger partial charge in [0.15, 0.2) is 11.5 Å². The van der Waals surface area contributed by atoms with Crippen LogP contribution < -0.4 is 35.0 Å². The van der Waals surface area contributed by atoms with Crippen molar-refractivity contribution in [2.24, 2.45) is 5.10 Å². The molecule has 0 aliphatic carbocycles. The molecule has 0 fully saturated rings. The number of nitrogens with one attached hydrogen (secondary N) is 3. The van der Waals surface area contributed by atoms with Gasteiger partial charge in [0.05, 0.1) is 34.7 Å². The number of hydrazone groups is 1. The summed E-state index contributed by atoms with van der Waals surface area (Å²) in [6, 6.07) is 9.64. The third kappa shape index (κ3) is 6.03. The van der Waals surface area contributed by atoms with Crippen LogP contribution in [0.2, 0.25) is 0 Å². The van der Waals surface area contributed by atoms with Crippen molar-refractivity contribution >= 4 is 23.8 Å². The summed E-state index contributed by atoms with van der Waals surface area (Å²) in [6.45, 7) is -0.262. The first-order valence-electron chi connectivity index (χ1n) is 8.82. The molecular weight excluding hydrogens is 392 g/mol. The number of carbonyl (C=O) groups excluding carboxylic acids is 2. The van der Waals surface area contributed by atoms with Gasteiger partial charge in [-0.25, -0.2) is 10.2 Å². The highest BCUT2D eigenvalue weighted by atomic mass is 16.5. The lowest BCUT2D eigenvalue weighted by molar-refractivity contribution is -0.120. The smallest absolute Gasteiger partial charge is 0.319 e. The van der Waals surface area contributed by atoms with Gasteiger partial charge < -0.3 is 29.6 Å². The number of hydrogen-bond donors (Lipinski definition) is 3. The predicted octanol–water partition coefficient (Wildman–Crippen LogP) is 1.99. The minimum atomic E-state index is -0.527. The Kier molecular flexibility index (Phi) is 8.30. The highest BCUT2D eigenvalue weighted by molar-refractivity contribution is 5.92. The van der Waals surface area contributed by atoms with Crippen LogP contribution in [0, 0.1) is 0 Å². The third-order valence-electron chi connectivity index (χ3n) is 3.88. The number of ether oxygens (including phenoxy) is 4. The van der Waals surface area contributed by atoms with Crippen LogP contribution in [-0.2, 0) is 4.79 Å². The lowest BCUT2D eigenvalue weighted by Crippen LogP contribution is -2.37. The Balaban J connectivity index is 1.86. The highest BCUT2D eigenvalue weighted by Crippen LogP contribution is 2.38. The summed E-state index contributed by atoms with van der Waals surface area (Å²) in [7, 11) is 6.05. The number of amides is 3. The van der Waals surface area contributed by atoms with E-state index >= 15 is 0 Å². The van der Waals surface area contributed by atoms with Gasteiger partial charge in [-0.15, -0.1) is 0 Å². The van der Waals surface area contributed by atoms with Gasteiger partial charge in [-0.1, -0.05) is 0 Å². The van der Waals surface area contributed by atoms with Crippen LogP contribution in [-0.4, -0.2) is 53.1 Å². The van der Waals surface area contributed by atoms with Crippen molar-refractivity contribution in [1.82, 2.24) is 10.7 Å². The molecule has 0 aliphatic rings. The Morgan fingerprint density at radius 2 is 1.60 bits per heavy atom. The number of nitrogens with zero attached hydrogens (tertiary/aromatic N) is 1. The summed E-state index contributed by atoms with van der Waals surface area (Å²) in [5.41, 5.74) is 3.46. The molecule has 2 rings (SSSR count). The minimum absolute atomic E-state index is 0.262. The van der Waals surface area contributed by atoms with Crippen LogP contribution in [0.5, 0.6) is 23.0 Å². The van der Waals surface area contributed by atoms with E-state index in [0.29, 0.717) is 34.2 Å². The number of rotatable bonds is 9. The molecule has 0 aliphatic heterocycles. The van der Waals surface area contributed by atoms with E-state index in [1.165, 1.54) is 27.5 Å². The van der Waals surface area contributed by atoms with Crippen molar-refractivity contribution in [3.63, 3.8) is 0 Å². The first-order valence-corrected chi connectivity index (χ1v) is 8.82. The molecule has 0 bridgehead atoms. The van der Waals surface area contributed by atoms with Crippen molar-refractivity contribution in [2.75, 3.05) is 40.3 Å². The van der Waals surface area contributed by atoms with E-state index in [-0.39, 0.29) is 6.54 Å². The van der Waals surface area contributed by atoms with Gasteiger partial charge in [-0.3, -0.25) is 4.79 Å². The van der Waals surface area contributed by atoms with Crippen molar-refractivity contribution in [3.8, 4) is 23.0 Å². The van der Waals surface area contributed by atoms with Gasteiger partial charge in [0, 0.05) is 11.3 Å². The molecule has 0 spiro atoms. The summed E-state index contributed by atoms with van der Waals surface area (Å²) < 4.78 is 20.9. The molecule has 160 valence electrons. The molecule has 10 heteroatoms. The van der Waals surface area contributed by atoms with E-state index in [1.807, 2.05) is 0 Å². The number of hydrogen-bond acceptors (Lipinski definition) is 7. The summed E-state index contributed by atoms with van der Waals surface area (Å²) in [5.74, 6) is 1.49. The lowest BCUT2D eigenvalue weighted by atomic mass is 10.2. The normalized spacial score (nSPS) is 10.3. The third-order valence-corrected chi connectivity index (χ3v) is 3.88. The van der Waals surface area contributed by atoms with E-state index in [0.717, 1.165) is 0 Å². The fraction of sp³-hybridized carbons (Fsp3) is 0.250. The van der Waals surface area contributed by atoms with Gasteiger partial charge >= 0.3 is 6.03 Å². The molecule has 0 saturated carbocycles. The van der Waals surface area contributed by atoms with E-state index in [9.17, 15) is 9.59 Å². The average Bonchev–Trinajstić information content (AvgIpc) is 2.77. The van der Waals surface area contributed by atoms with E-state index in [1.54, 1.807) is 43.5 Å². The minimum Gasteiger partial charge on any atom is -0.497 e. The van der Waals surface area contributed by atoms with Crippen molar-refractivity contribution in [3.05, 3.63) is 42.0 Å². The molecule has 0 heterocycles. The Hall–Kier alpha value is -3.95. The maximum Gasteiger partial charge on any atom is 0.319 e. The fourth-order valence-electron chi connectivity index (χ4n) is 2.45. The maximum atomic E-state index is 11.9. The molecule has 30 heavy (non-hydrogen) atoms. The highest BCUT2D eigenvalue weighted by Gasteiger charge is 2.14. The second-order valence-electron chi connectivity index (χ2n) is 5.75. The van der Waals surface area contributed by atoms with Gasteiger partial charge in [0.2, 0.25) is 5.75 Å². The van der Waals surface area contributed by atoms with E-state index in [4.69, 9.17) is 18.9 Å². The topological polar surface area (TPSA) is 120 Å². The zero-order valence-corrected chi connectivity index (χ0v) is 17.1. The van der Waals surface area contributed by atoms with Gasteiger partial charge in [0.25, 0.3) is 5.91 Å². The van der Waals surface area contributed by atoms with Crippen LogP contribution in [0.3, 0.4) is 0 Å². The molecule has 0 saturated heterocycles. The number of benzene rings is 2. The monoisotopic (exact) mass is 416 g/mol. The Labute approximate surface area is 174 Å². The summed E-state index contributed by atoms with van der Waals surface area (Å²) in [4.78, 5) is 23.8. The van der Waals surface area contributed by atoms with E-state index in [2.05, 4.69) is 21.2 Å². The van der Waals surface area contributed by atoms with Gasteiger partial charge in [0.1, 0.15) is 12.3 Å². The molecule has 0 unspecified atom stereocenters. The van der Waals surface area contributed by atoms with Crippen molar-refractivity contribution in [2.45, 2.75) is 0 Å². The SMILES string of the molecule is COc1ccc(NC(=O)NCC(=O)N/N=C/c2ccc(OC)c(OC)c2OC)cc1. The average molecular weight is 416 g/mol. The zero-order chi connectivity index (χ0) is 21.9. The Morgan fingerprint density at radius 1 is 0.900 bits per heavy atom. The van der Waals surface area contributed by atoms with Gasteiger partial charge in [-0.05, 0) is 36.4 Å². The zero-order valence-electron chi connectivity index (χ0n) is 17.1. The van der Waals surface area contributed by atoms with Crippen LogP contribution in [0.15, 0.2) is 41.5 Å². The molecule has 10 nitrogen and oxygen atoms in total. The summed E-state index contributed by atoms with van der Waals surface area (Å²) >= 11 is 0. The molecule has 2 aromatic carbocycles. The maximum absolute atomic E-state index is 11.9. The molecule has 3 amide bonds. The molecule has 3 N–H and O–H groups in total. The van der Waals surface area contributed by atoms with Crippen LogP contribution in [0.4, 0.5) is 10.5 Å². The first kappa shape index (κ1) is 22.3. The summed E-state index contributed by atoms with van der Waals surface area (Å²) in [6.07, 6.45) is 1.40. The number of urea groups is 1. The van der Waals surface area contributed by atoms with Crippen molar-refractivity contribution < 1.29 is 28.5 Å². The lowest BCUT2D eigenvalue weighted by Gasteiger charge is -2.13. The molecule has 2 aromatic rings. The largest absolute Gasteiger partial charge is 0.497 e. The number of methoxy groups -OCH3 is 4. The first-order chi connectivity index (χ1) is 14.5. The molecule has 0 atom stereocenters. The van der Waals surface area contributed by atoms with Crippen LogP contribution >= 0.6 is 0 Å². The Morgan fingerprint density at radius 3 is 2.20 bits per heavy atom. The van der Waals surface area contributed by atoms with Crippen molar-refractivity contribution in [1.29, 1.82) is 0 Å². The predicted molar refractivity (Wildman–Crippen MR) is 112 cm³/mol. The van der Waals surface area contributed by atoms with Crippen LogP contribution in [0.25, 0.3) is 0 Å². The second-order valence-corrected chi connectivity index (χ2v) is 5.75. The van der Waals surface area contributed by atoms with Crippen LogP contribution in [0.1, 0.15) is 5.56 Å². The molecular formula is C20H24N4O6.